The largest absolute Gasteiger partial charge is 0.486 e. The molecule has 0 atom stereocenters. The van der Waals surface area contributed by atoms with E-state index in [1.54, 1.807) is 18.2 Å². The van der Waals surface area contributed by atoms with Gasteiger partial charge in [-0.15, -0.1) is 0 Å². The summed E-state index contributed by atoms with van der Waals surface area (Å²) < 4.78 is 11.6. The zero-order valence-corrected chi connectivity index (χ0v) is 15.9. The lowest BCUT2D eigenvalue weighted by Gasteiger charge is -2.36. The van der Waals surface area contributed by atoms with Gasteiger partial charge in [-0.05, 0) is 55.3 Å². The monoisotopic (exact) mass is 382 g/mol. The molecule has 3 aromatic rings. The van der Waals surface area contributed by atoms with Gasteiger partial charge < -0.3 is 9.26 Å². The summed E-state index contributed by atoms with van der Waals surface area (Å²) in [6.07, 6.45) is 1.98. The van der Waals surface area contributed by atoms with Crippen LogP contribution in [0.4, 0.5) is 0 Å². The molecule has 0 radical (unpaired) electrons. The second kappa shape index (κ2) is 6.82. The Balaban J connectivity index is 1.66. The highest BCUT2D eigenvalue weighted by atomic mass is 35.5. The highest BCUT2D eigenvalue weighted by molar-refractivity contribution is 6.30. The minimum atomic E-state index is -0.405. The van der Waals surface area contributed by atoms with Crippen LogP contribution in [0.1, 0.15) is 43.5 Å². The number of carbonyl (C=O) groups excluding carboxylic acids is 1. The SMILES string of the molecule is CCC1(CC)CC(=O)c2cc(-c3nc(-c4ccc(Cl)cc4)no3)ccc2O1. The molecule has 0 amide bonds. The van der Waals surface area contributed by atoms with E-state index in [9.17, 15) is 4.79 Å². The molecule has 2 heterocycles. The van der Waals surface area contributed by atoms with Gasteiger partial charge in [-0.2, -0.15) is 4.98 Å². The highest BCUT2D eigenvalue weighted by Gasteiger charge is 2.37. The Bertz CT molecular complexity index is 991. The number of Topliss-reactive ketones (excluding diaryl/α,β-unsaturated/α-hetero) is 1. The molecule has 1 aliphatic heterocycles. The molecule has 4 rings (SSSR count). The van der Waals surface area contributed by atoms with Gasteiger partial charge in [-0.25, -0.2) is 0 Å². The molecule has 0 N–H and O–H groups in total. The van der Waals surface area contributed by atoms with E-state index in [0.29, 0.717) is 40.0 Å². The first-order valence-electron chi connectivity index (χ1n) is 9.00. The highest BCUT2D eigenvalue weighted by Crippen LogP contribution is 2.39. The first-order chi connectivity index (χ1) is 13.0. The number of ether oxygens (including phenoxy) is 1. The Kier molecular flexibility index (Phi) is 4.48. The third-order valence-electron chi connectivity index (χ3n) is 5.15. The van der Waals surface area contributed by atoms with E-state index in [-0.39, 0.29) is 5.78 Å². The maximum absolute atomic E-state index is 12.7. The fourth-order valence-corrected chi connectivity index (χ4v) is 3.45. The lowest BCUT2D eigenvalue weighted by Crippen LogP contribution is -2.40. The predicted molar refractivity (Wildman–Crippen MR) is 103 cm³/mol. The van der Waals surface area contributed by atoms with Crippen molar-refractivity contribution in [3.8, 4) is 28.6 Å². The average Bonchev–Trinajstić information content (AvgIpc) is 3.18. The van der Waals surface area contributed by atoms with E-state index in [1.807, 2.05) is 38.1 Å². The fraction of sp³-hybridized carbons (Fsp3) is 0.286. The van der Waals surface area contributed by atoms with E-state index in [1.165, 1.54) is 0 Å². The summed E-state index contributed by atoms with van der Waals surface area (Å²) in [7, 11) is 0. The summed E-state index contributed by atoms with van der Waals surface area (Å²) in [5.41, 5.74) is 1.66. The molecule has 27 heavy (non-hydrogen) atoms. The van der Waals surface area contributed by atoms with Crippen molar-refractivity contribution >= 4 is 17.4 Å². The molecule has 0 aliphatic carbocycles. The van der Waals surface area contributed by atoms with Crippen molar-refractivity contribution in [3.05, 3.63) is 53.1 Å². The third-order valence-corrected chi connectivity index (χ3v) is 5.41. The summed E-state index contributed by atoms with van der Waals surface area (Å²) in [5, 5.41) is 4.67. The van der Waals surface area contributed by atoms with Gasteiger partial charge in [0.15, 0.2) is 5.78 Å². The van der Waals surface area contributed by atoms with E-state index in [0.717, 1.165) is 18.4 Å². The first-order valence-corrected chi connectivity index (χ1v) is 9.37. The molecule has 0 unspecified atom stereocenters. The Hall–Kier alpha value is -2.66. The molecule has 6 heteroatoms. The van der Waals surface area contributed by atoms with Crippen molar-refractivity contribution in [3.63, 3.8) is 0 Å². The normalized spacial score (nSPS) is 15.3. The van der Waals surface area contributed by atoms with E-state index in [2.05, 4.69) is 10.1 Å². The summed E-state index contributed by atoms with van der Waals surface area (Å²) in [5.74, 6) is 1.53. The molecule has 0 spiro atoms. The number of aromatic nitrogens is 2. The average molecular weight is 383 g/mol. The van der Waals surface area contributed by atoms with Crippen molar-refractivity contribution in [2.45, 2.75) is 38.7 Å². The number of halogens is 1. The molecular weight excluding hydrogens is 364 g/mol. The predicted octanol–water partition coefficient (Wildman–Crippen LogP) is 5.58. The van der Waals surface area contributed by atoms with Crippen LogP contribution in [-0.4, -0.2) is 21.5 Å². The molecule has 0 fully saturated rings. The van der Waals surface area contributed by atoms with E-state index >= 15 is 0 Å². The fourth-order valence-electron chi connectivity index (χ4n) is 3.33. The van der Waals surface area contributed by atoms with Gasteiger partial charge in [0.1, 0.15) is 11.4 Å². The van der Waals surface area contributed by atoms with Crippen LogP contribution in [-0.2, 0) is 0 Å². The molecule has 0 saturated carbocycles. The number of rotatable bonds is 4. The molecular formula is C21H19ClN2O3. The molecule has 0 saturated heterocycles. The number of fused-ring (bicyclic) bond motifs is 1. The van der Waals surface area contributed by atoms with Gasteiger partial charge in [-0.3, -0.25) is 4.79 Å². The van der Waals surface area contributed by atoms with Crippen LogP contribution in [0, 0.1) is 0 Å². The lowest BCUT2D eigenvalue weighted by molar-refractivity contribution is 0.0350. The van der Waals surface area contributed by atoms with Crippen LogP contribution in [0.3, 0.4) is 0 Å². The van der Waals surface area contributed by atoms with Crippen LogP contribution in [0.25, 0.3) is 22.8 Å². The van der Waals surface area contributed by atoms with Gasteiger partial charge in [0, 0.05) is 16.1 Å². The minimum Gasteiger partial charge on any atom is -0.486 e. The topological polar surface area (TPSA) is 65.2 Å². The number of benzene rings is 2. The van der Waals surface area contributed by atoms with Crippen LogP contribution < -0.4 is 4.74 Å². The van der Waals surface area contributed by atoms with Gasteiger partial charge in [0.05, 0.1) is 12.0 Å². The Labute approximate surface area is 162 Å². The molecule has 5 nitrogen and oxygen atoms in total. The van der Waals surface area contributed by atoms with Gasteiger partial charge in [0.2, 0.25) is 5.82 Å². The third kappa shape index (κ3) is 3.23. The van der Waals surface area contributed by atoms with Crippen molar-refractivity contribution in [2.24, 2.45) is 0 Å². The van der Waals surface area contributed by atoms with Crippen LogP contribution >= 0.6 is 11.6 Å². The molecule has 2 aromatic carbocycles. The smallest absolute Gasteiger partial charge is 0.258 e. The lowest BCUT2D eigenvalue weighted by atomic mass is 9.85. The Morgan fingerprint density at radius 3 is 2.48 bits per heavy atom. The first kappa shape index (κ1) is 17.7. The van der Waals surface area contributed by atoms with Gasteiger partial charge in [0.25, 0.3) is 5.89 Å². The molecule has 1 aromatic heterocycles. The minimum absolute atomic E-state index is 0.0826. The zero-order valence-electron chi connectivity index (χ0n) is 15.2. The number of ketones is 1. The van der Waals surface area contributed by atoms with Crippen molar-refractivity contribution in [1.82, 2.24) is 10.1 Å². The second-order valence-electron chi connectivity index (χ2n) is 6.73. The quantitative estimate of drug-likeness (QED) is 0.589. The number of hydrogen-bond donors (Lipinski definition) is 0. The summed E-state index contributed by atoms with van der Waals surface area (Å²) in [6.45, 7) is 4.10. The van der Waals surface area contributed by atoms with Crippen molar-refractivity contribution in [2.75, 3.05) is 0 Å². The van der Waals surface area contributed by atoms with Crippen LogP contribution in [0.5, 0.6) is 5.75 Å². The van der Waals surface area contributed by atoms with Crippen molar-refractivity contribution < 1.29 is 14.1 Å². The van der Waals surface area contributed by atoms with Crippen LogP contribution in [0.15, 0.2) is 47.0 Å². The maximum atomic E-state index is 12.7. The second-order valence-corrected chi connectivity index (χ2v) is 7.17. The molecule has 0 bridgehead atoms. The zero-order chi connectivity index (χ0) is 19.0. The summed E-state index contributed by atoms with van der Waals surface area (Å²) >= 11 is 5.91. The summed E-state index contributed by atoms with van der Waals surface area (Å²) in [4.78, 5) is 17.1. The standard InChI is InChI=1S/C21H19ClN2O3/c1-3-21(4-2)12-17(25)16-11-14(7-10-18(16)26-21)20-23-19(24-27-20)13-5-8-15(22)9-6-13/h5-11H,3-4,12H2,1-2H3. The molecule has 138 valence electrons. The van der Waals surface area contributed by atoms with Crippen LogP contribution in [0.2, 0.25) is 5.02 Å². The molecule has 1 aliphatic rings. The number of hydrogen-bond acceptors (Lipinski definition) is 5. The summed E-state index contributed by atoms with van der Waals surface area (Å²) in [6, 6.07) is 12.6. The number of nitrogens with zero attached hydrogens (tertiary/aromatic N) is 2. The van der Waals surface area contributed by atoms with Gasteiger partial charge in [-0.1, -0.05) is 30.6 Å². The maximum Gasteiger partial charge on any atom is 0.258 e. The van der Waals surface area contributed by atoms with Crippen molar-refractivity contribution in [1.29, 1.82) is 0 Å². The Morgan fingerprint density at radius 1 is 1.07 bits per heavy atom. The van der Waals surface area contributed by atoms with Gasteiger partial charge >= 0.3 is 0 Å². The van der Waals surface area contributed by atoms with E-state index in [4.69, 9.17) is 20.9 Å². The number of carbonyl (C=O) groups is 1. The van der Waals surface area contributed by atoms with E-state index < -0.39 is 5.60 Å². The Morgan fingerprint density at radius 2 is 1.78 bits per heavy atom.